The molecule has 1 unspecified atom stereocenters. The lowest BCUT2D eigenvalue weighted by molar-refractivity contribution is -0.154. The predicted octanol–water partition coefficient (Wildman–Crippen LogP) is 2.55. The summed E-state index contributed by atoms with van der Waals surface area (Å²) in [7, 11) is 1.73. The number of aromatic nitrogens is 4. The number of benzene rings is 2. The van der Waals surface area contributed by atoms with Crippen molar-refractivity contribution < 1.29 is 19.1 Å². The SMILES string of the molecule is Cn1nnnc1SCC1=C(C(=O)OC(c2ccccc2)c2ccccc2)N2C(=O)C(NC(=O)CSCC#N)[C@H]2SC1. The van der Waals surface area contributed by atoms with Crippen LogP contribution in [0.3, 0.4) is 0 Å². The molecule has 0 radical (unpaired) electrons. The Bertz CT molecular complexity index is 1450. The van der Waals surface area contributed by atoms with Crippen molar-refractivity contribution in [2.45, 2.75) is 22.7 Å². The lowest BCUT2D eigenvalue weighted by Gasteiger charge is -2.49. The van der Waals surface area contributed by atoms with Gasteiger partial charge in [-0.1, -0.05) is 72.4 Å². The number of hydrogen-bond acceptors (Lipinski definition) is 11. The van der Waals surface area contributed by atoms with Crippen LogP contribution < -0.4 is 5.32 Å². The fourth-order valence-electron chi connectivity index (χ4n) is 4.43. The summed E-state index contributed by atoms with van der Waals surface area (Å²) in [4.78, 5) is 41.2. The molecule has 1 N–H and O–H groups in total. The molecule has 2 aliphatic heterocycles. The number of fused-ring (bicyclic) bond motifs is 1. The van der Waals surface area contributed by atoms with E-state index in [0.29, 0.717) is 22.2 Å². The second-order valence-corrected chi connectivity index (χ2v) is 12.1. The summed E-state index contributed by atoms with van der Waals surface area (Å²) in [5, 5.41) is 23.1. The summed E-state index contributed by atoms with van der Waals surface area (Å²) in [6.45, 7) is 0. The first-order valence-electron chi connectivity index (χ1n) is 12.5. The van der Waals surface area contributed by atoms with E-state index < -0.39 is 23.5 Å². The maximum Gasteiger partial charge on any atom is 0.356 e. The monoisotopic (exact) mass is 607 g/mol. The largest absolute Gasteiger partial charge is 0.448 e. The zero-order chi connectivity index (χ0) is 28.8. The summed E-state index contributed by atoms with van der Waals surface area (Å²) in [6.07, 6.45) is -0.689. The molecule has 0 aliphatic carbocycles. The Kier molecular flexibility index (Phi) is 9.28. The molecule has 0 saturated carbocycles. The Labute approximate surface area is 249 Å². The van der Waals surface area contributed by atoms with Gasteiger partial charge in [0.1, 0.15) is 17.1 Å². The molecule has 5 rings (SSSR count). The fourth-order valence-corrected chi connectivity index (χ4v) is 7.23. The molecule has 3 aromatic rings. The van der Waals surface area contributed by atoms with Crippen LogP contribution in [-0.4, -0.2) is 77.3 Å². The molecule has 41 heavy (non-hydrogen) atoms. The quantitative estimate of drug-likeness (QED) is 0.149. The standard InChI is InChI=1S/C27H25N7O4S3/c1-33-27(30-31-32-33)41-15-19-14-40-25-21(29-20(35)16-39-13-12-28)24(36)34(25)22(19)26(37)38-23(17-8-4-2-5-9-17)18-10-6-3-7-11-18/h2-11,21,23,25H,13-16H2,1H3,(H,29,35)/t21?,25-/m1/s1. The van der Waals surface area contributed by atoms with Crippen molar-refractivity contribution in [2.24, 2.45) is 7.05 Å². The third-order valence-electron chi connectivity index (χ3n) is 6.34. The van der Waals surface area contributed by atoms with Gasteiger partial charge in [-0.2, -0.15) is 5.26 Å². The number of ether oxygens (including phenoxy) is 1. The number of aryl methyl sites for hydroxylation is 1. The molecule has 2 aromatic carbocycles. The molecule has 1 saturated heterocycles. The lowest BCUT2D eigenvalue weighted by Crippen LogP contribution is -2.70. The molecule has 2 aliphatic rings. The van der Waals surface area contributed by atoms with Gasteiger partial charge in [-0.15, -0.1) is 28.6 Å². The van der Waals surface area contributed by atoms with Crippen molar-refractivity contribution >= 4 is 53.1 Å². The zero-order valence-corrected chi connectivity index (χ0v) is 24.3. The van der Waals surface area contributed by atoms with Crippen LogP contribution in [0.2, 0.25) is 0 Å². The van der Waals surface area contributed by atoms with Gasteiger partial charge in [-0.25, -0.2) is 9.48 Å². The average molecular weight is 608 g/mol. The van der Waals surface area contributed by atoms with E-state index in [-0.39, 0.29) is 29.0 Å². The van der Waals surface area contributed by atoms with E-state index in [4.69, 9.17) is 10.00 Å². The third kappa shape index (κ3) is 6.42. The number of tetrazole rings is 1. The van der Waals surface area contributed by atoms with E-state index >= 15 is 0 Å². The van der Waals surface area contributed by atoms with Gasteiger partial charge in [0.25, 0.3) is 5.91 Å². The Morgan fingerprint density at radius 1 is 1.17 bits per heavy atom. The molecular weight excluding hydrogens is 583 g/mol. The van der Waals surface area contributed by atoms with E-state index in [0.717, 1.165) is 11.1 Å². The number of amides is 2. The van der Waals surface area contributed by atoms with Crippen LogP contribution >= 0.6 is 35.3 Å². The lowest BCUT2D eigenvalue weighted by atomic mass is 10.0. The molecule has 1 aromatic heterocycles. The van der Waals surface area contributed by atoms with Crippen LogP contribution in [0.15, 0.2) is 77.1 Å². The normalized spacial score (nSPS) is 18.0. The van der Waals surface area contributed by atoms with E-state index in [1.807, 2.05) is 66.7 Å². The number of hydrogen-bond donors (Lipinski definition) is 1. The molecule has 0 spiro atoms. The van der Waals surface area contributed by atoms with Gasteiger partial charge in [0.2, 0.25) is 11.1 Å². The minimum atomic E-state index is -0.769. The fraction of sp³-hybridized carbons (Fsp3) is 0.296. The van der Waals surface area contributed by atoms with Crippen molar-refractivity contribution in [3.05, 3.63) is 83.1 Å². The van der Waals surface area contributed by atoms with Crippen molar-refractivity contribution in [3.63, 3.8) is 0 Å². The van der Waals surface area contributed by atoms with Gasteiger partial charge in [0.15, 0.2) is 6.10 Å². The minimum Gasteiger partial charge on any atom is -0.448 e. The highest BCUT2D eigenvalue weighted by Gasteiger charge is 2.54. The molecule has 1 fully saturated rings. The first-order valence-corrected chi connectivity index (χ1v) is 15.7. The van der Waals surface area contributed by atoms with Crippen molar-refractivity contribution in [3.8, 4) is 6.07 Å². The summed E-state index contributed by atoms with van der Waals surface area (Å²) in [5.74, 6) is -0.265. The smallest absolute Gasteiger partial charge is 0.356 e. The van der Waals surface area contributed by atoms with Crippen LogP contribution in [-0.2, 0) is 26.2 Å². The zero-order valence-electron chi connectivity index (χ0n) is 21.9. The number of β-lactam (4-membered cyclic amide) rings is 1. The number of carbonyl (C=O) groups excluding carboxylic acids is 3. The number of nitriles is 1. The van der Waals surface area contributed by atoms with Gasteiger partial charge < -0.3 is 10.1 Å². The van der Waals surface area contributed by atoms with Crippen LogP contribution in [0, 0.1) is 11.3 Å². The maximum atomic E-state index is 14.0. The van der Waals surface area contributed by atoms with Crippen LogP contribution in [0.25, 0.3) is 0 Å². The molecule has 210 valence electrons. The summed E-state index contributed by atoms with van der Waals surface area (Å²) in [6, 6.07) is 20.1. The number of nitrogens with one attached hydrogen (secondary N) is 1. The molecule has 3 heterocycles. The molecule has 14 heteroatoms. The number of esters is 1. The summed E-state index contributed by atoms with van der Waals surface area (Å²) < 4.78 is 7.70. The van der Waals surface area contributed by atoms with Gasteiger partial charge >= 0.3 is 5.97 Å². The predicted molar refractivity (Wildman–Crippen MR) is 155 cm³/mol. The highest BCUT2D eigenvalue weighted by atomic mass is 32.2. The van der Waals surface area contributed by atoms with Crippen molar-refractivity contribution in [1.82, 2.24) is 30.4 Å². The Morgan fingerprint density at radius 3 is 2.46 bits per heavy atom. The maximum absolute atomic E-state index is 14.0. The van der Waals surface area contributed by atoms with Crippen molar-refractivity contribution in [1.29, 1.82) is 5.26 Å². The van der Waals surface area contributed by atoms with Crippen LogP contribution in [0.5, 0.6) is 0 Å². The summed E-state index contributed by atoms with van der Waals surface area (Å²) in [5.41, 5.74) is 2.49. The minimum absolute atomic E-state index is 0.0723. The second kappa shape index (κ2) is 13.2. The van der Waals surface area contributed by atoms with E-state index in [1.54, 1.807) is 7.05 Å². The first kappa shape index (κ1) is 28.7. The van der Waals surface area contributed by atoms with E-state index in [2.05, 4.69) is 20.8 Å². The average Bonchev–Trinajstić information content (AvgIpc) is 3.42. The number of carbonyl (C=O) groups is 3. The van der Waals surface area contributed by atoms with Gasteiger partial charge in [-0.3, -0.25) is 14.5 Å². The Morgan fingerprint density at radius 2 is 1.85 bits per heavy atom. The Hall–Kier alpha value is -3.80. The summed E-state index contributed by atoms with van der Waals surface area (Å²) >= 11 is 4.00. The Balaban J connectivity index is 1.42. The van der Waals surface area contributed by atoms with E-state index in [9.17, 15) is 14.4 Å². The number of thioether (sulfide) groups is 3. The highest BCUT2D eigenvalue weighted by Crippen LogP contribution is 2.42. The number of rotatable bonds is 11. The van der Waals surface area contributed by atoms with Crippen LogP contribution in [0.1, 0.15) is 17.2 Å². The number of nitrogens with zero attached hydrogens (tertiary/aromatic N) is 6. The van der Waals surface area contributed by atoms with Gasteiger partial charge in [0.05, 0.1) is 17.6 Å². The molecule has 2 amide bonds. The van der Waals surface area contributed by atoms with Crippen molar-refractivity contribution in [2.75, 3.05) is 23.0 Å². The van der Waals surface area contributed by atoms with Gasteiger partial charge in [-0.05, 0) is 27.1 Å². The molecule has 2 atom stereocenters. The molecular formula is C27H25N7O4S3. The topological polar surface area (TPSA) is 143 Å². The molecule has 0 bridgehead atoms. The van der Waals surface area contributed by atoms with Gasteiger partial charge in [0, 0.05) is 18.6 Å². The van der Waals surface area contributed by atoms with Crippen LogP contribution in [0.4, 0.5) is 0 Å². The first-order chi connectivity index (χ1) is 20.0. The van der Waals surface area contributed by atoms with E-state index in [1.165, 1.54) is 44.9 Å². The second-order valence-electron chi connectivity index (χ2n) is 9.04. The highest BCUT2D eigenvalue weighted by molar-refractivity contribution is 8.01. The molecule has 11 nitrogen and oxygen atoms in total. The third-order valence-corrected chi connectivity index (χ3v) is 9.58.